The highest BCUT2D eigenvalue weighted by atomic mass is 16.5. The third-order valence-electron chi connectivity index (χ3n) is 13.0. The van der Waals surface area contributed by atoms with Crippen LogP contribution in [0.2, 0.25) is 0 Å². The number of rotatable bonds is 53. The molecule has 0 aromatic rings. The largest absolute Gasteiger partial charge is 0.466 e. The van der Waals surface area contributed by atoms with Crippen LogP contribution in [0.25, 0.3) is 0 Å². The molecule has 0 aliphatic carbocycles. The second-order valence-corrected chi connectivity index (χ2v) is 19.6. The minimum atomic E-state index is -0.851. The van der Waals surface area contributed by atoms with Crippen molar-refractivity contribution in [1.29, 1.82) is 0 Å². The second kappa shape index (κ2) is 55.4. The number of amides is 1. The van der Waals surface area contributed by atoms with Gasteiger partial charge in [-0.3, -0.25) is 9.59 Å². The highest BCUT2D eigenvalue weighted by molar-refractivity contribution is 5.76. The van der Waals surface area contributed by atoms with Crippen molar-refractivity contribution in [2.75, 3.05) is 13.2 Å². The van der Waals surface area contributed by atoms with Crippen LogP contribution in [-0.4, -0.2) is 47.4 Å². The second-order valence-electron chi connectivity index (χ2n) is 19.6. The van der Waals surface area contributed by atoms with Gasteiger partial charge in [-0.05, 0) is 83.5 Å². The molecule has 3 N–H and O–H groups in total. The van der Waals surface area contributed by atoms with E-state index >= 15 is 0 Å². The van der Waals surface area contributed by atoms with E-state index in [4.69, 9.17) is 4.74 Å². The van der Waals surface area contributed by atoms with Crippen LogP contribution in [-0.2, 0) is 14.3 Å². The molecule has 0 radical (unpaired) electrons. The maximum atomic E-state index is 12.5. The van der Waals surface area contributed by atoms with Crippen molar-refractivity contribution in [1.82, 2.24) is 5.32 Å². The molecular weight excluding hydrogens is 815 g/mol. The highest BCUT2D eigenvalue weighted by Crippen LogP contribution is 2.16. The Morgan fingerprint density at radius 1 is 0.424 bits per heavy atom. The average Bonchev–Trinajstić information content (AvgIpc) is 3.32. The minimum Gasteiger partial charge on any atom is -0.466 e. The molecule has 0 aromatic heterocycles. The topological polar surface area (TPSA) is 95.9 Å². The van der Waals surface area contributed by atoms with Crippen molar-refractivity contribution >= 4 is 11.9 Å². The van der Waals surface area contributed by atoms with E-state index in [1.54, 1.807) is 6.08 Å². The van der Waals surface area contributed by atoms with Gasteiger partial charge in [0.05, 0.1) is 25.4 Å². The zero-order valence-corrected chi connectivity index (χ0v) is 43.9. The molecule has 6 heteroatoms. The van der Waals surface area contributed by atoms with E-state index in [1.165, 1.54) is 212 Å². The van der Waals surface area contributed by atoms with E-state index in [2.05, 4.69) is 55.6 Å². The number of carbonyl (C=O) groups is 2. The molecule has 66 heavy (non-hydrogen) atoms. The summed E-state index contributed by atoms with van der Waals surface area (Å²) in [4.78, 5) is 24.5. The lowest BCUT2D eigenvalue weighted by Crippen LogP contribution is -2.45. The number of hydrogen-bond acceptors (Lipinski definition) is 5. The monoisotopic (exact) mass is 926 g/mol. The van der Waals surface area contributed by atoms with Crippen LogP contribution < -0.4 is 5.32 Å². The van der Waals surface area contributed by atoms with Crippen molar-refractivity contribution in [2.24, 2.45) is 0 Å². The fourth-order valence-electron chi connectivity index (χ4n) is 8.61. The van der Waals surface area contributed by atoms with Gasteiger partial charge in [-0.15, -0.1) is 0 Å². The predicted octanol–water partition coefficient (Wildman–Crippen LogP) is 17.8. The van der Waals surface area contributed by atoms with Gasteiger partial charge in [-0.1, -0.05) is 249 Å². The first-order valence-electron chi connectivity index (χ1n) is 28.9. The first-order valence-corrected chi connectivity index (χ1v) is 28.9. The van der Waals surface area contributed by atoms with E-state index in [0.29, 0.717) is 19.4 Å². The summed E-state index contributed by atoms with van der Waals surface area (Å²) in [5, 5.41) is 23.1. The SMILES string of the molecule is CCC/C=C\C/C=C\CCCCCCCC(=O)OCCCCCCCCCCC/C=C\CCCCCCCCCC(=O)NC(CO)C(O)/C=C/CCCCCCCCCCCCCCCC. The van der Waals surface area contributed by atoms with Crippen LogP contribution in [0, 0.1) is 0 Å². The third-order valence-corrected chi connectivity index (χ3v) is 13.0. The van der Waals surface area contributed by atoms with Crippen LogP contribution in [0.3, 0.4) is 0 Å². The Bertz CT molecular complexity index is 1110. The number of esters is 1. The summed E-state index contributed by atoms with van der Waals surface area (Å²) in [7, 11) is 0. The van der Waals surface area contributed by atoms with Crippen LogP contribution in [0.1, 0.15) is 296 Å². The molecule has 0 aliphatic heterocycles. The quantitative estimate of drug-likeness (QED) is 0.0321. The molecule has 0 fully saturated rings. The average molecular weight is 927 g/mol. The number of carbonyl (C=O) groups excluding carboxylic acids is 2. The maximum absolute atomic E-state index is 12.5. The Balaban J connectivity index is 3.48. The predicted molar refractivity (Wildman–Crippen MR) is 287 cm³/mol. The molecule has 0 rings (SSSR count). The molecule has 6 nitrogen and oxygen atoms in total. The third kappa shape index (κ3) is 51.2. The van der Waals surface area contributed by atoms with Crippen LogP contribution >= 0.6 is 0 Å². The Morgan fingerprint density at radius 3 is 1.23 bits per heavy atom. The van der Waals surface area contributed by atoms with Crippen LogP contribution in [0.4, 0.5) is 0 Å². The Labute approximate surface area is 410 Å². The summed E-state index contributed by atoms with van der Waals surface area (Å²) >= 11 is 0. The van der Waals surface area contributed by atoms with Crippen molar-refractivity contribution in [3.05, 3.63) is 48.6 Å². The molecule has 0 heterocycles. The Hall–Kier alpha value is -2.18. The number of unbranched alkanes of at least 4 members (excludes halogenated alkanes) is 36. The highest BCUT2D eigenvalue weighted by Gasteiger charge is 2.18. The van der Waals surface area contributed by atoms with Gasteiger partial charge in [-0.2, -0.15) is 0 Å². The van der Waals surface area contributed by atoms with Gasteiger partial charge >= 0.3 is 5.97 Å². The lowest BCUT2D eigenvalue weighted by Gasteiger charge is -2.20. The number of hydrogen-bond donors (Lipinski definition) is 3. The van der Waals surface area contributed by atoms with Gasteiger partial charge in [0.15, 0.2) is 0 Å². The molecule has 0 spiro atoms. The maximum Gasteiger partial charge on any atom is 0.305 e. The summed E-state index contributed by atoms with van der Waals surface area (Å²) in [6.45, 7) is 4.83. The number of aliphatic hydroxyl groups is 2. The normalized spacial score (nSPS) is 13.0. The standard InChI is InChI=1S/C60H111NO5/c1-3-5-7-9-11-13-15-17-18-25-29-32-36-40-44-48-52-58(63)57(56-62)61-59(64)53-49-45-41-37-33-30-26-23-21-19-20-22-24-27-31-35-39-43-47-51-55-66-60(65)54-50-46-42-38-34-28-16-14-12-10-8-6-4-2/h8,10,14,16,19,21,48,52,57-58,62-63H,3-7,9,11-13,15,17-18,20,22-47,49-51,53-56H2,1-2H3,(H,61,64)/b10-8-,16-14-,21-19-,52-48+. The molecule has 0 bridgehead atoms. The molecule has 2 atom stereocenters. The van der Waals surface area contributed by atoms with E-state index in [1.807, 2.05) is 6.08 Å². The molecule has 1 amide bonds. The molecule has 0 saturated heterocycles. The van der Waals surface area contributed by atoms with E-state index in [9.17, 15) is 19.8 Å². The first-order chi connectivity index (χ1) is 32.5. The molecule has 0 aliphatic rings. The summed E-state index contributed by atoms with van der Waals surface area (Å²) in [6.07, 6.45) is 69.9. The smallest absolute Gasteiger partial charge is 0.305 e. The van der Waals surface area contributed by atoms with Crippen LogP contribution in [0.5, 0.6) is 0 Å². The van der Waals surface area contributed by atoms with Crippen molar-refractivity contribution < 1.29 is 24.5 Å². The van der Waals surface area contributed by atoms with Gasteiger partial charge in [-0.25, -0.2) is 0 Å². The van der Waals surface area contributed by atoms with Crippen LogP contribution in [0.15, 0.2) is 48.6 Å². The molecular formula is C60H111NO5. The van der Waals surface area contributed by atoms with E-state index in [0.717, 1.165) is 57.8 Å². The zero-order chi connectivity index (χ0) is 47.9. The van der Waals surface area contributed by atoms with Crippen molar-refractivity contribution in [2.45, 2.75) is 309 Å². The molecule has 0 saturated carbocycles. The summed E-state index contributed by atoms with van der Waals surface area (Å²) in [5.41, 5.74) is 0. The Kier molecular flexibility index (Phi) is 53.6. The Morgan fingerprint density at radius 2 is 0.788 bits per heavy atom. The zero-order valence-electron chi connectivity index (χ0n) is 43.9. The molecule has 0 aromatic carbocycles. The lowest BCUT2D eigenvalue weighted by atomic mass is 10.0. The van der Waals surface area contributed by atoms with E-state index < -0.39 is 12.1 Å². The van der Waals surface area contributed by atoms with Crippen molar-refractivity contribution in [3.63, 3.8) is 0 Å². The number of aliphatic hydroxyl groups excluding tert-OH is 2. The fraction of sp³-hybridized carbons (Fsp3) is 0.833. The summed E-state index contributed by atoms with van der Waals surface area (Å²) < 4.78 is 5.46. The lowest BCUT2D eigenvalue weighted by molar-refractivity contribution is -0.143. The molecule has 2 unspecified atom stereocenters. The summed E-state index contributed by atoms with van der Waals surface area (Å²) in [6, 6.07) is -0.635. The summed E-state index contributed by atoms with van der Waals surface area (Å²) in [5.74, 6) is -0.0870. The number of nitrogens with one attached hydrogen (secondary N) is 1. The van der Waals surface area contributed by atoms with Gasteiger partial charge in [0.2, 0.25) is 5.91 Å². The minimum absolute atomic E-state index is 0.0104. The molecule has 386 valence electrons. The van der Waals surface area contributed by atoms with Gasteiger partial charge in [0.25, 0.3) is 0 Å². The fourth-order valence-corrected chi connectivity index (χ4v) is 8.61. The van der Waals surface area contributed by atoms with E-state index in [-0.39, 0.29) is 18.5 Å². The van der Waals surface area contributed by atoms with Gasteiger partial charge in [0, 0.05) is 12.8 Å². The van der Waals surface area contributed by atoms with Crippen molar-refractivity contribution in [3.8, 4) is 0 Å². The van der Waals surface area contributed by atoms with Gasteiger partial charge in [0.1, 0.15) is 0 Å². The number of ether oxygens (including phenoxy) is 1. The van der Waals surface area contributed by atoms with Gasteiger partial charge < -0.3 is 20.3 Å². The first kappa shape index (κ1) is 63.8. The number of allylic oxidation sites excluding steroid dienone is 7.